The summed E-state index contributed by atoms with van der Waals surface area (Å²) in [5, 5.41) is 8.00. The normalized spacial score (nSPS) is 10.5. The van der Waals surface area contributed by atoms with Crippen molar-refractivity contribution in [1.29, 1.82) is 0 Å². The van der Waals surface area contributed by atoms with Crippen LogP contribution in [0.1, 0.15) is 5.01 Å². The second-order valence-corrected chi connectivity index (χ2v) is 6.10. The lowest BCUT2D eigenvalue weighted by molar-refractivity contribution is 0.262. The molecule has 2 amide bonds. The van der Waals surface area contributed by atoms with Crippen molar-refractivity contribution in [2.24, 2.45) is 0 Å². The molecule has 2 aromatic carbocycles. The fourth-order valence-electron chi connectivity index (χ4n) is 2.12. The maximum absolute atomic E-state index is 13.1. The topological polar surface area (TPSA) is 54.0 Å². The highest BCUT2D eigenvalue weighted by atomic mass is 32.1. The number of rotatable bonds is 3. The third-order valence-corrected chi connectivity index (χ3v) is 3.99. The lowest BCUT2D eigenvalue weighted by Crippen LogP contribution is -2.19. The number of urea groups is 1. The molecule has 1 aromatic heterocycles. The number of nitrogens with one attached hydrogen (secondary N) is 2. The SMILES string of the molecule is Cc1nc(-c2cccc(NC(=O)Nc3ccc(F)c(F)c3)c2)cs1. The molecule has 24 heavy (non-hydrogen) atoms. The van der Waals surface area contributed by atoms with Crippen LogP contribution in [-0.2, 0) is 0 Å². The van der Waals surface area contributed by atoms with Gasteiger partial charge in [-0.15, -0.1) is 11.3 Å². The Bertz CT molecular complexity index is 895. The van der Waals surface area contributed by atoms with Crippen LogP contribution in [0.15, 0.2) is 47.8 Å². The molecular formula is C17H13F2N3OS. The molecule has 1 heterocycles. The molecule has 0 unspecified atom stereocenters. The summed E-state index contributed by atoms with van der Waals surface area (Å²) in [6.07, 6.45) is 0. The van der Waals surface area contributed by atoms with Crippen molar-refractivity contribution in [2.75, 3.05) is 10.6 Å². The Morgan fingerprint density at radius 3 is 2.46 bits per heavy atom. The van der Waals surface area contributed by atoms with E-state index in [2.05, 4.69) is 15.6 Å². The van der Waals surface area contributed by atoms with Crippen LogP contribution >= 0.6 is 11.3 Å². The van der Waals surface area contributed by atoms with E-state index >= 15 is 0 Å². The third-order valence-electron chi connectivity index (χ3n) is 3.21. The average Bonchev–Trinajstić information content (AvgIpc) is 2.98. The van der Waals surface area contributed by atoms with Gasteiger partial charge in [0.2, 0.25) is 0 Å². The summed E-state index contributed by atoms with van der Waals surface area (Å²) in [6, 6.07) is 9.83. The van der Waals surface area contributed by atoms with Crippen LogP contribution in [-0.4, -0.2) is 11.0 Å². The molecule has 7 heteroatoms. The van der Waals surface area contributed by atoms with Crippen LogP contribution in [0.25, 0.3) is 11.3 Å². The van der Waals surface area contributed by atoms with Crippen LogP contribution in [0.5, 0.6) is 0 Å². The fourth-order valence-corrected chi connectivity index (χ4v) is 2.74. The minimum Gasteiger partial charge on any atom is -0.308 e. The van der Waals surface area contributed by atoms with Gasteiger partial charge in [-0.1, -0.05) is 12.1 Å². The first-order chi connectivity index (χ1) is 11.5. The number of nitrogens with zero attached hydrogens (tertiary/aromatic N) is 1. The first-order valence-electron chi connectivity index (χ1n) is 7.07. The second-order valence-electron chi connectivity index (χ2n) is 5.04. The Hall–Kier alpha value is -2.80. The van der Waals surface area contributed by atoms with Gasteiger partial charge in [0.25, 0.3) is 0 Å². The highest BCUT2D eigenvalue weighted by Crippen LogP contribution is 2.24. The number of carbonyl (C=O) groups excluding carboxylic acids is 1. The van der Waals surface area contributed by atoms with Crippen molar-refractivity contribution >= 4 is 28.7 Å². The molecule has 0 saturated heterocycles. The zero-order valence-electron chi connectivity index (χ0n) is 12.6. The zero-order chi connectivity index (χ0) is 17.1. The van der Waals surface area contributed by atoms with Gasteiger partial charge >= 0.3 is 6.03 Å². The van der Waals surface area contributed by atoms with Crippen LogP contribution in [0.2, 0.25) is 0 Å². The Balaban J connectivity index is 1.71. The minimum absolute atomic E-state index is 0.165. The molecular weight excluding hydrogens is 332 g/mol. The first-order valence-corrected chi connectivity index (χ1v) is 7.95. The molecule has 4 nitrogen and oxygen atoms in total. The molecule has 0 fully saturated rings. The van der Waals surface area contributed by atoms with Crippen LogP contribution in [0.3, 0.4) is 0 Å². The number of aromatic nitrogens is 1. The number of anilines is 2. The van der Waals surface area contributed by atoms with Gasteiger partial charge in [0.1, 0.15) is 0 Å². The molecule has 0 saturated carbocycles. The largest absolute Gasteiger partial charge is 0.323 e. The number of benzene rings is 2. The number of amides is 2. The molecule has 3 aromatic rings. The second kappa shape index (κ2) is 6.76. The van der Waals surface area contributed by atoms with Crippen molar-refractivity contribution in [2.45, 2.75) is 6.92 Å². The minimum atomic E-state index is -1.02. The molecule has 0 spiro atoms. The van der Waals surface area contributed by atoms with Gasteiger partial charge in [0, 0.05) is 28.4 Å². The number of thiazole rings is 1. The molecule has 0 atom stereocenters. The van der Waals surface area contributed by atoms with Gasteiger partial charge in [0.15, 0.2) is 11.6 Å². The predicted molar refractivity (Wildman–Crippen MR) is 91.3 cm³/mol. The van der Waals surface area contributed by atoms with E-state index in [1.54, 1.807) is 29.5 Å². The van der Waals surface area contributed by atoms with Crippen molar-refractivity contribution in [3.05, 3.63) is 64.5 Å². The zero-order valence-corrected chi connectivity index (χ0v) is 13.5. The molecule has 0 aliphatic rings. The first kappa shape index (κ1) is 16.1. The van der Waals surface area contributed by atoms with Gasteiger partial charge in [-0.05, 0) is 31.2 Å². The molecule has 2 N–H and O–H groups in total. The summed E-state index contributed by atoms with van der Waals surface area (Å²) in [5.74, 6) is -1.99. The van der Waals surface area contributed by atoms with Crippen molar-refractivity contribution in [1.82, 2.24) is 4.98 Å². The van der Waals surface area contributed by atoms with Crippen molar-refractivity contribution in [3.8, 4) is 11.3 Å². The molecule has 0 bridgehead atoms. The van der Waals surface area contributed by atoms with Crippen LogP contribution in [0.4, 0.5) is 25.0 Å². The Kier molecular flexibility index (Phi) is 4.52. The standard InChI is InChI=1S/C17H13F2N3OS/c1-10-20-16(9-24-10)11-3-2-4-12(7-11)21-17(23)22-13-5-6-14(18)15(19)8-13/h2-9H,1H3,(H2,21,22,23). The highest BCUT2D eigenvalue weighted by molar-refractivity contribution is 7.09. The van der Waals surface area contributed by atoms with Gasteiger partial charge in [-0.25, -0.2) is 18.6 Å². The van der Waals surface area contributed by atoms with Gasteiger partial charge in [-0.2, -0.15) is 0 Å². The summed E-state index contributed by atoms with van der Waals surface area (Å²) < 4.78 is 26.0. The van der Waals surface area contributed by atoms with E-state index < -0.39 is 17.7 Å². The van der Waals surface area contributed by atoms with E-state index in [4.69, 9.17) is 0 Å². The monoisotopic (exact) mass is 345 g/mol. The lowest BCUT2D eigenvalue weighted by Gasteiger charge is -2.09. The summed E-state index contributed by atoms with van der Waals surface area (Å²) in [6.45, 7) is 1.92. The number of hydrogen-bond acceptors (Lipinski definition) is 3. The van der Waals surface area contributed by atoms with E-state index in [9.17, 15) is 13.6 Å². The van der Waals surface area contributed by atoms with Crippen LogP contribution < -0.4 is 10.6 Å². The number of carbonyl (C=O) groups is 1. The summed E-state index contributed by atoms with van der Waals surface area (Å²) in [5.41, 5.74) is 2.45. The molecule has 0 aliphatic heterocycles. The van der Waals surface area contributed by atoms with Crippen molar-refractivity contribution in [3.63, 3.8) is 0 Å². The third kappa shape index (κ3) is 3.75. The maximum Gasteiger partial charge on any atom is 0.323 e. The van der Waals surface area contributed by atoms with E-state index in [1.165, 1.54) is 6.07 Å². The maximum atomic E-state index is 13.1. The molecule has 0 aliphatic carbocycles. The molecule has 0 radical (unpaired) electrons. The summed E-state index contributed by atoms with van der Waals surface area (Å²) >= 11 is 1.55. The van der Waals surface area contributed by atoms with Crippen molar-refractivity contribution < 1.29 is 13.6 Å². The van der Waals surface area contributed by atoms with E-state index in [1.807, 2.05) is 18.4 Å². The Labute approximate surface area is 141 Å². The highest BCUT2D eigenvalue weighted by Gasteiger charge is 2.08. The molecule has 122 valence electrons. The Morgan fingerprint density at radius 1 is 1.04 bits per heavy atom. The van der Waals surface area contributed by atoms with Crippen LogP contribution in [0, 0.1) is 18.6 Å². The smallest absolute Gasteiger partial charge is 0.308 e. The average molecular weight is 345 g/mol. The Morgan fingerprint density at radius 2 is 1.79 bits per heavy atom. The lowest BCUT2D eigenvalue weighted by atomic mass is 10.1. The van der Waals surface area contributed by atoms with Gasteiger partial charge in [0.05, 0.1) is 10.7 Å². The fraction of sp³-hybridized carbons (Fsp3) is 0.0588. The number of aryl methyl sites for hydroxylation is 1. The molecule has 3 rings (SSSR count). The quantitative estimate of drug-likeness (QED) is 0.699. The van der Waals surface area contributed by atoms with E-state index in [0.717, 1.165) is 28.4 Å². The van der Waals surface area contributed by atoms with Gasteiger partial charge < -0.3 is 10.6 Å². The van der Waals surface area contributed by atoms with E-state index in [-0.39, 0.29) is 5.69 Å². The van der Waals surface area contributed by atoms with Gasteiger partial charge in [-0.3, -0.25) is 0 Å². The summed E-state index contributed by atoms with van der Waals surface area (Å²) in [4.78, 5) is 16.4. The number of hydrogen-bond donors (Lipinski definition) is 2. The number of halogens is 2. The summed E-state index contributed by atoms with van der Waals surface area (Å²) in [7, 11) is 0. The van der Waals surface area contributed by atoms with E-state index in [0.29, 0.717) is 5.69 Å². The predicted octanol–water partition coefficient (Wildman–Crippen LogP) is 5.04.